The van der Waals surface area contributed by atoms with Gasteiger partial charge in [0.2, 0.25) is 0 Å². The summed E-state index contributed by atoms with van der Waals surface area (Å²) in [5.41, 5.74) is 2.89. The second-order valence-corrected chi connectivity index (χ2v) is 6.61. The van der Waals surface area contributed by atoms with Crippen LogP contribution in [0.25, 0.3) is 0 Å². The first kappa shape index (κ1) is 14.5. The Morgan fingerprint density at radius 3 is 2.26 bits per heavy atom. The zero-order valence-electron chi connectivity index (χ0n) is 12.5. The lowest BCUT2D eigenvalue weighted by Gasteiger charge is -2.25. The Hall–Kier alpha value is -0.860. The zero-order valence-corrected chi connectivity index (χ0v) is 12.5. The molecular formula is C17H27NO. The fourth-order valence-electron chi connectivity index (χ4n) is 2.14. The molecule has 0 saturated heterocycles. The predicted octanol–water partition coefficient (Wildman–Crippen LogP) is 3.69. The van der Waals surface area contributed by atoms with Crippen LogP contribution in [0, 0.1) is 0 Å². The first-order valence-corrected chi connectivity index (χ1v) is 7.47. The lowest BCUT2D eigenvalue weighted by atomic mass is 9.96. The molecule has 1 fully saturated rings. The van der Waals surface area contributed by atoms with E-state index in [4.69, 9.17) is 4.74 Å². The van der Waals surface area contributed by atoms with Gasteiger partial charge in [-0.05, 0) is 64.1 Å². The Bertz CT molecular complexity index is 373. The smallest absolute Gasteiger partial charge is 0.0720 e. The molecule has 1 aromatic carbocycles. The molecule has 1 aromatic rings. The van der Waals surface area contributed by atoms with Gasteiger partial charge < -0.3 is 10.1 Å². The van der Waals surface area contributed by atoms with E-state index in [-0.39, 0.29) is 5.54 Å². The quantitative estimate of drug-likeness (QED) is 0.843. The molecule has 2 heteroatoms. The SMILES string of the molecule is CC(C)(C)NCCc1ccc(COC2CCC2)cc1. The van der Waals surface area contributed by atoms with E-state index in [0.29, 0.717) is 6.10 Å². The maximum absolute atomic E-state index is 5.82. The molecule has 0 heterocycles. The van der Waals surface area contributed by atoms with Crippen molar-refractivity contribution in [3.63, 3.8) is 0 Å². The molecule has 1 N–H and O–H groups in total. The van der Waals surface area contributed by atoms with Gasteiger partial charge in [-0.3, -0.25) is 0 Å². The molecule has 1 saturated carbocycles. The molecule has 1 aliphatic rings. The predicted molar refractivity (Wildman–Crippen MR) is 80.3 cm³/mol. The molecule has 2 rings (SSSR count). The van der Waals surface area contributed by atoms with Gasteiger partial charge in [0.05, 0.1) is 12.7 Å². The van der Waals surface area contributed by atoms with E-state index in [0.717, 1.165) is 19.6 Å². The van der Waals surface area contributed by atoms with Crippen LogP contribution in [0.3, 0.4) is 0 Å². The number of benzene rings is 1. The number of hydrogen-bond donors (Lipinski definition) is 1. The lowest BCUT2D eigenvalue weighted by molar-refractivity contribution is -0.00866. The van der Waals surface area contributed by atoms with Crippen molar-refractivity contribution in [2.24, 2.45) is 0 Å². The third-order valence-electron chi connectivity index (χ3n) is 3.63. The molecule has 0 atom stereocenters. The van der Waals surface area contributed by atoms with Crippen molar-refractivity contribution in [1.82, 2.24) is 5.32 Å². The Morgan fingerprint density at radius 2 is 1.74 bits per heavy atom. The topological polar surface area (TPSA) is 21.3 Å². The van der Waals surface area contributed by atoms with Gasteiger partial charge in [-0.15, -0.1) is 0 Å². The molecule has 106 valence electrons. The van der Waals surface area contributed by atoms with E-state index in [1.54, 1.807) is 0 Å². The Morgan fingerprint density at radius 1 is 1.11 bits per heavy atom. The molecule has 0 spiro atoms. The van der Waals surface area contributed by atoms with Crippen LogP contribution >= 0.6 is 0 Å². The third kappa shape index (κ3) is 5.33. The summed E-state index contributed by atoms with van der Waals surface area (Å²) in [4.78, 5) is 0. The van der Waals surface area contributed by atoms with Gasteiger partial charge in [-0.1, -0.05) is 24.3 Å². The van der Waals surface area contributed by atoms with Crippen LogP contribution in [0.1, 0.15) is 51.2 Å². The van der Waals surface area contributed by atoms with Crippen LogP contribution in [0.2, 0.25) is 0 Å². The van der Waals surface area contributed by atoms with Crippen LogP contribution in [0.4, 0.5) is 0 Å². The molecule has 0 bridgehead atoms. The van der Waals surface area contributed by atoms with Crippen molar-refractivity contribution >= 4 is 0 Å². The molecular weight excluding hydrogens is 234 g/mol. The molecule has 0 unspecified atom stereocenters. The summed E-state index contributed by atoms with van der Waals surface area (Å²) >= 11 is 0. The maximum Gasteiger partial charge on any atom is 0.0720 e. The largest absolute Gasteiger partial charge is 0.374 e. The molecule has 0 radical (unpaired) electrons. The third-order valence-corrected chi connectivity index (χ3v) is 3.63. The second kappa shape index (κ2) is 6.53. The number of rotatable bonds is 6. The molecule has 2 nitrogen and oxygen atoms in total. The van der Waals surface area contributed by atoms with Crippen LogP contribution in [0.5, 0.6) is 0 Å². The highest BCUT2D eigenvalue weighted by molar-refractivity contribution is 5.22. The highest BCUT2D eigenvalue weighted by Gasteiger charge is 2.17. The van der Waals surface area contributed by atoms with Gasteiger partial charge in [0.15, 0.2) is 0 Å². The minimum Gasteiger partial charge on any atom is -0.374 e. The fraction of sp³-hybridized carbons (Fsp3) is 0.647. The number of hydrogen-bond acceptors (Lipinski definition) is 2. The van der Waals surface area contributed by atoms with Crippen molar-refractivity contribution in [2.75, 3.05) is 6.54 Å². The molecule has 0 aromatic heterocycles. The van der Waals surface area contributed by atoms with E-state index < -0.39 is 0 Å². The van der Waals surface area contributed by atoms with Crippen molar-refractivity contribution in [2.45, 2.75) is 64.7 Å². The first-order chi connectivity index (χ1) is 9.03. The van der Waals surface area contributed by atoms with Gasteiger partial charge in [-0.2, -0.15) is 0 Å². The zero-order chi connectivity index (χ0) is 13.7. The van der Waals surface area contributed by atoms with Crippen LogP contribution in [0.15, 0.2) is 24.3 Å². The fourth-order valence-corrected chi connectivity index (χ4v) is 2.14. The molecule has 1 aliphatic carbocycles. The van der Waals surface area contributed by atoms with Crippen molar-refractivity contribution in [3.8, 4) is 0 Å². The Kier molecular flexibility index (Phi) is 5.00. The van der Waals surface area contributed by atoms with Crippen LogP contribution in [-0.2, 0) is 17.8 Å². The van der Waals surface area contributed by atoms with Gasteiger partial charge in [0.25, 0.3) is 0 Å². The Labute approximate surface area is 117 Å². The van der Waals surface area contributed by atoms with Gasteiger partial charge >= 0.3 is 0 Å². The van der Waals surface area contributed by atoms with Crippen molar-refractivity contribution < 1.29 is 4.74 Å². The van der Waals surface area contributed by atoms with E-state index in [1.807, 2.05) is 0 Å². The summed E-state index contributed by atoms with van der Waals surface area (Å²) in [6.07, 6.45) is 5.44. The monoisotopic (exact) mass is 261 g/mol. The molecule has 0 amide bonds. The minimum atomic E-state index is 0.205. The van der Waals surface area contributed by atoms with Gasteiger partial charge in [0.1, 0.15) is 0 Å². The van der Waals surface area contributed by atoms with Crippen molar-refractivity contribution in [1.29, 1.82) is 0 Å². The highest BCUT2D eigenvalue weighted by atomic mass is 16.5. The first-order valence-electron chi connectivity index (χ1n) is 7.47. The average molecular weight is 261 g/mol. The summed E-state index contributed by atoms with van der Waals surface area (Å²) in [5, 5.41) is 3.52. The van der Waals surface area contributed by atoms with Crippen molar-refractivity contribution in [3.05, 3.63) is 35.4 Å². The molecule has 19 heavy (non-hydrogen) atoms. The minimum absolute atomic E-state index is 0.205. The summed E-state index contributed by atoms with van der Waals surface area (Å²) in [6.45, 7) is 8.41. The average Bonchev–Trinajstić information content (AvgIpc) is 2.27. The van der Waals surface area contributed by atoms with Crippen LogP contribution in [-0.4, -0.2) is 18.2 Å². The van der Waals surface area contributed by atoms with Gasteiger partial charge in [0, 0.05) is 5.54 Å². The summed E-state index contributed by atoms with van der Waals surface area (Å²) < 4.78 is 5.82. The lowest BCUT2D eigenvalue weighted by Crippen LogP contribution is -2.37. The highest BCUT2D eigenvalue weighted by Crippen LogP contribution is 2.23. The van der Waals surface area contributed by atoms with E-state index in [2.05, 4.69) is 50.4 Å². The van der Waals surface area contributed by atoms with E-state index in [9.17, 15) is 0 Å². The number of ether oxygens (including phenoxy) is 1. The normalized spacial score (nSPS) is 16.4. The molecule has 0 aliphatic heterocycles. The summed E-state index contributed by atoms with van der Waals surface area (Å²) in [6, 6.07) is 8.85. The Balaban J connectivity index is 1.71. The summed E-state index contributed by atoms with van der Waals surface area (Å²) in [7, 11) is 0. The van der Waals surface area contributed by atoms with Crippen LogP contribution < -0.4 is 5.32 Å². The number of nitrogens with one attached hydrogen (secondary N) is 1. The second-order valence-electron chi connectivity index (χ2n) is 6.61. The maximum atomic E-state index is 5.82. The van der Waals surface area contributed by atoms with Gasteiger partial charge in [-0.25, -0.2) is 0 Å². The standard InChI is InChI=1S/C17H27NO/c1-17(2,3)18-12-11-14-7-9-15(10-8-14)13-19-16-5-4-6-16/h7-10,16,18H,4-6,11-13H2,1-3H3. The summed E-state index contributed by atoms with van der Waals surface area (Å²) in [5.74, 6) is 0. The van der Waals surface area contributed by atoms with E-state index in [1.165, 1.54) is 30.4 Å². The van der Waals surface area contributed by atoms with E-state index >= 15 is 0 Å².